The minimum absolute atomic E-state index is 0.0187. The number of phenolic OH excluding ortho intramolecular Hbond substituents is 1. The Kier molecular flexibility index (Phi) is 9.90. The van der Waals surface area contributed by atoms with Gasteiger partial charge < -0.3 is 14.7 Å². The topological polar surface area (TPSA) is 190 Å². The largest absolute Gasteiger partial charge is 0.503 e. The number of halogens is 2. The van der Waals surface area contributed by atoms with Crippen molar-refractivity contribution in [2.75, 3.05) is 31.0 Å². The van der Waals surface area contributed by atoms with E-state index in [2.05, 4.69) is 31.9 Å². The van der Waals surface area contributed by atoms with Gasteiger partial charge in [0.1, 0.15) is 0 Å². The van der Waals surface area contributed by atoms with Crippen LogP contribution in [0.3, 0.4) is 0 Å². The number of imide groups is 1. The Morgan fingerprint density at radius 2 is 1.47 bits per heavy atom. The predicted octanol–water partition coefficient (Wildman–Crippen LogP) is 7.84. The van der Waals surface area contributed by atoms with Crippen LogP contribution in [-0.2, 0) is 24.6 Å². The minimum atomic E-state index is -1.59. The summed E-state index contributed by atoms with van der Waals surface area (Å²) in [5, 5.41) is 35.6. The number of allylic oxidation sites excluding steroid dienone is 4. The van der Waals surface area contributed by atoms with Gasteiger partial charge in [-0.3, -0.25) is 39.4 Å². The van der Waals surface area contributed by atoms with Crippen molar-refractivity contribution < 1.29 is 38.9 Å². The van der Waals surface area contributed by atoms with Crippen LogP contribution in [0.1, 0.15) is 35.4 Å². The number of nitro benzene ring substituents is 2. The second-order valence-electron chi connectivity index (χ2n) is 15.2. The zero-order valence-electron chi connectivity index (χ0n) is 31.6. The van der Waals surface area contributed by atoms with Gasteiger partial charge in [-0.2, -0.15) is 0 Å². The molecule has 1 N–H and O–H groups in total. The predicted molar refractivity (Wildman–Crippen MR) is 223 cm³/mol. The van der Waals surface area contributed by atoms with Crippen molar-refractivity contribution >= 4 is 83.6 Å². The molecule has 3 aliphatic carbocycles. The molecule has 0 radical (unpaired) electrons. The number of Topliss-reactive ketones (excluding diaryl/α,β-unsaturated/α-hetero) is 1. The molecular formula is C43H34Br2N4O10. The number of phenols is 1. The van der Waals surface area contributed by atoms with Gasteiger partial charge in [-0.1, -0.05) is 72.3 Å². The molecule has 0 bridgehead atoms. The van der Waals surface area contributed by atoms with Gasteiger partial charge >= 0.3 is 11.4 Å². The van der Waals surface area contributed by atoms with Gasteiger partial charge in [0.15, 0.2) is 28.8 Å². The summed E-state index contributed by atoms with van der Waals surface area (Å²) < 4.78 is 6.19. The number of nitrogens with zero attached hydrogens (tertiary/aromatic N) is 4. The lowest BCUT2D eigenvalue weighted by molar-refractivity contribution is -0.392. The molecule has 0 aromatic heterocycles. The van der Waals surface area contributed by atoms with Crippen molar-refractivity contribution in [3.05, 3.63) is 142 Å². The lowest BCUT2D eigenvalue weighted by Crippen LogP contribution is -2.59. The van der Waals surface area contributed by atoms with Crippen LogP contribution in [0.4, 0.5) is 22.7 Å². The number of carbonyl (C=O) groups is 4. The Hall–Kier alpha value is -6.00. The summed E-state index contributed by atoms with van der Waals surface area (Å²) in [5.74, 6) is -7.27. The van der Waals surface area contributed by atoms with E-state index in [-0.39, 0.29) is 57.3 Å². The second kappa shape index (κ2) is 14.7. The summed E-state index contributed by atoms with van der Waals surface area (Å²) in [6, 6.07) is 21.3. The monoisotopic (exact) mass is 924 g/mol. The highest BCUT2D eigenvalue weighted by Crippen LogP contribution is 2.65. The van der Waals surface area contributed by atoms with Crippen LogP contribution in [0, 0.1) is 43.9 Å². The van der Waals surface area contributed by atoms with Crippen molar-refractivity contribution in [2.24, 2.45) is 23.7 Å². The SMILES string of the molecule is COc1cc(C2C3=CCC4C(=O)N(c5cc([N+](=O)[O-])c(N(C)C)c([N+](=O)[O-])c5)C(=O)C4C3CC3C(=O)C(c4ccccc4)=CC(=O)C32c2ccccc2)c(Br)c(Br)c1O. The standard InChI is InChI=1S/C43H34Br2N4O10/c1-46(2)38-30(48(55)56)16-23(17-31(38)49(57)58)47-41(53)25-15-14-24-27(34(25)42(47)54)18-29-39(51)26(21-10-6-4-7-11-21)20-33(50)43(29,22-12-8-5-9-13-22)35(24)28-19-32(59-3)40(52)37(45)36(28)44/h4-14,16-17,19-20,25,27,29,34-35,52H,15,18H2,1-3H3. The van der Waals surface area contributed by atoms with Gasteiger partial charge in [0.2, 0.25) is 11.8 Å². The first-order valence-corrected chi connectivity index (χ1v) is 20.1. The van der Waals surface area contributed by atoms with Crippen molar-refractivity contribution in [1.29, 1.82) is 0 Å². The first kappa shape index (κ1) is 39.8. The molecule has 2 amide bonds. The third kappa shape index (κ3) is 5.86. The van der Waals surface area contributed by atoms with E-state index in [4.69, 9.17) is 4.74 Å². The molecular weight excluding hydrogens is 892 g/mol. The zero-order chi connectivity index (χ0) is 42.2. The lowest BCUT2D eigenvalue weighted by Gasteiger charge is -2.55. The van der Waals surface area contributed by atoms with Crippen LogP contribution in [0.25, 0.3) is 5.57 Å². The highest BCUT2D eigenvalue weighted by atomic mass is 79.9. The summed E-state index contributed by atoms with van der Waals surface area (Å²) >= 11 is 7.15. The molecule has 8 rings (SSSR count). The molecule has 6 unspecified atom stereocenters. The number of carbonyl (C=O) groups excluding carboxylic acids is 4. The van der Waals surface area contributed by atoms with Crippen LogP contribution in [0.15, 0.2) is 106 Å². The molecule has 1 saturated carbocycles. The number of fused-ring (bicyclic) bond motifs is 4. The second-order valence-corrected chi connectivity index (χ2v) is 16.8. The Balaban J connectivity index is 1.37. The quantitative estimate of drug-likeness (QED) is 0.0784. The average molecular weight is 927 g/mol. The normalized spacial score (nSPS) is 24.8. The van der Waals surface area contributed by atoms with Gasteiger partial charge in [0.25, 0.3) is 0 Å². The number of amides is 2. The van der Waals surface area contributed by atoms with E-state index in [0.29, 0.717) is 26.7 Å². The number of methoxy groups -OCH3 is 1. The summed E-state index contributed by atoms with van der Waals surface area (Å²) in [7, 11) is 4.20. The molecule has 300 valence electrons. The van der Waals surface area contributed by atoms with Crippen LogP contribution in [0.2, 0.25) is 0 Å². The fraction of sp³-hybridized carbons (Fsp3) is 0.256. The van der Waals surface area contributed by atoms with Crippen LogP contribution >= 0.6 is 31.9 Å². The number of ether oxygens (including phenoxy) is 1. The highest BCUT2D eigenvalue weighted by Gasteiger charge is 2.66. The van der Waals surface area contributed by atoms with E-state index < -0.39 is 68.0 Å². The molecule has 4 aromatic rings. The van der Waals surface area contributed by atoms with Gasteiger partial charge in [0, 0.05) is 48.1 Å². The highest BCUT2D eigenvalue weighted by molar-refractivity contribution is 9.13. The smallest absolute Gasteiger partial charge is 0.301 e. The van der Waals surface area contributed by atoms with Crippen molar-refractivity contribution in [3.8, 4) is 11.5 Å². The van der Waals surface area contributed by atoms with Gasteiger partial charge in [-0.15, -0.1) is 0 Å². The molecule has 4 aliphatic rings. The van der Waals surface area contributed by atoms with Gasteiger partial charge in [0.05, 0.1) is 44.4 Å². The molecule has 59 heavy (non-hydrogen) atoms. The third-order valence-electron chi connectivity index (χ3n) is 12.2. The molecule has 16 heteroatoms. The van der Waals surface area contributed by atoms with E-state index in [1.165, 1.54) is 32.2 Å². The lowest BCUT2D eigenvalue weighted by atomic mass is 9.44. The molecule has 14 nitrogen and oxygen atoms in total. The van der Waals surface area contributed by atoms with Crippen LogP contribution in [-0.4, -0.2) is 59.5 Å². The molecule has 4 aromatic carbocycles. The molecule has 1 heterocycles. The van der Waals surface area contributed by atoms with E-state index in [9.17, 15) is 34.9 Å². The van der Waals surface area contributed by atoms with E-state index in [1.807, 2.05) is 6.08 Å². The maximum absolute atomic E-state index is 15.4. The number of benzene rings is 4. The number of ketones is 2. The number of anilines is 2. The van der Waals surface area contributed by atoms with Crippen molar-refractivity contribution in [2.45, 2.75) is 24.2 Å². The molecule has 1 aliphatic heterocycles. The van der Waals surface area contributed by atoms with E-state index >= 15 is 9.59 Å². The average Bonchev–Trinajstić information content (AvgIpc) is 3.49. The number of hydrogen-bond acceptors (Lipinski definition) is 11. The van der Waals surface area contributed by atoms with Crippen LogP contribution in [0.5, 0.6) is 11.5 Å². The number of nitro groups is 2. The van der Waals surface area contributed by atoms with Gasteiger partial charge in [-0.25, -0.2) is 4.90 Å². The first-order chi connectivity index (χ1) is 28.1. The number of rotatable bonds is 8. The molecule has 2 fully saturated rings. The Labute approximate surface area is 353 Å². The fourth-order valence-electron chi connectivity index (χ4n) is 9.91. The van der Waals surface area contributed by atoms with Crippen molar-refractivity contribution in [1.82, 2.24) is 0 Å². The number of aromatic hydroxyl groups is 1. The Morgan fingerprint density at radius 1 is 0.864 bits per heavy atom. The Morgan fingerprint density at radius 3 is 2.05 bits per heavy atom. The maximum Gasteiger partial charge on any atom is 0.301 e. The molecule has 0 spiro atoms. The maximum atomic E-state index is 15.4. The van der Waals surface area contributed by atoms with E-state index in [0.717, 1.165) is 17.0 Å². The molecule has 1 saturated heterocycles. The molecule has 6 atom stereocenters. The third-order valence-corrected chi connectivity index (χ3v) is 14.4. The fourth-order valence-corrected chi connectivity index (χ4v) is 10.9. The van der Waals surface area contributed by atoms with Crippen LogP contribution < -0.4 is 14.5 Å². The van der Waals surface area contributed by atoms with Crippen molar-refractivity contribution in [3.63, 3.8) is 0 Å². The van der Waals surface area contributed by atoms with E-state index in [1.54, 1.807) is 66.7 Å². The minimum Gasteiger partial charge on any atom is -0.503 e. The summed E-state index contributed by atoms with van der Waals surface area (Å²) in [6.07, 6.45) is 3.21. The number of hydrogen-bond donors (Lipinski definition) is 1. The summed E-state index contributed by atoms with van der Waals surface area (Å²) in [4.78, 5) is 85.0. The zero-order valence-corrected chi connectivity index (χ0v) is 34.8. The first-order valence-electron chi connectivity index (χ1n) is 18.5. The van der Waals surface area contributed by atoms with Gasteiger partial charge in [-0.05, 0) is 79.5 Å². The Bertz CT molecular complexity index is 2560. The summed E-state index contributed by atoms with van der Waals surface area (Å²) in [5.41, 5.74) is -1.20. The summed E-state index contributed by atoms with van der Waals surface area (Å²) in [6.45, 7) is 0.